The van der Waals surface area contributed by atoms with Gasteiger partial charge in [-0.3, -0.25) is 19.2 Å². The first-order chi connectivity index (χ1) is 24.6. The SMILES string of the molecule is CCCCCCCCCCCCC[C@@H](O)[C@H](C)[C@H]1OC(=O)[C@H](COC(C)=O)NC(=O)[C@H]([C@@H](C)O[Si](C)(C)C(C)(C)C)NC(=O)[C@H](C(C)C)NC(=O)[C@@H]1C. The van der Waals surface area contributed by atoms with Gasteiger partial charge in [0.1, 0.15) is 24.8 Å². The van der Waals surface area contributed by atoms with Crippen molar-refractivity contribution >= 4 is 38.0 Å². The summed E-state index contributed by atoms with van der Waals surface area (Å²) in [4.78, 5) is 67.3. The van der Waals surface area contributed by atoms with E-state index in [0.29, 0.717) is 6.42 Å². The average molecular weight is 770 g/mol. The quantitative estimate of drug-likeness (QED) is 0.0628. The van der Waals surface area contributed by atoms with Gasteiger partial charge in [0.2, 0.25) is 17.7 Å². The van der Waals surface area contributed by atoms with Crippen LogP contribution in [0.1, 0.15) is 146 Å². The lowest BCUT2D eigenvalue weighted by Gasteiger charge is -2.40. The molecule has 3 amide bonds. The van der Waals surface area contributed by atoms with Crippen LogP contribution in [-0.4, -0.2) is 86.1 Å². The van der Waals surface area contributed by atoms with Gasteiger partial charge in [0.25, 0.3) is 0 Å². The second-order valence-electron chi connectivity index (χ2n) is 17.1. The van der Waals surface area contributed by atoms with Crippen molar-refractivity contribution in [1.82, 2.24) is 16.0 Å². The number of rotatable bonds is 20. The topological polar surface area (TPSA) is 169 Å². The van der Waals surface area contributed by atoms with Gasteiger partial charge >= 0.3 is 11.9 Å². The van der Waals surface area contributed by atoms with E-state index in [4.69, 9.17) is 13.9 Å². The van der Waals surface area contributed by atoms with Crippen LogP contribution in [0.4, 0.5) is 0 Å². The molecule has 0 bridgehead atoms. The van der Waals surface area contributed by atoms with Crippen molar-refractivity contribution in [2.45, 2.75) is 201 Å². The predicted octanol–water partition coefficient (Wildman–Crippen LogP) is 6.33. The minimum atomic E-state index is -2.44. The van der Waals surface area contributed by atoms with Crippen LogP contribution in [0.3, 0.4) is 0 Å². The molecule has 0 aromatic carbocycles. The Balaban J connectivity index is 3.30. The summed E-state index contributed by atoms with van der Waals surface area (Å²) in [5, 5.41) is 19.3. The third kappa shape index (κ3) is 16.8. The molecule has 1 saturated heterocycles. The van der Waals surface area contributed by atoms with E-state index in [-0.39, 0.29) is 11.0 Å². The van der Waals surface area contributed by atoms with Crippen LogP contribution in [0.5, 0.6) is 0 Å². The number of aliphatic hydroxyl groups is 1. The zero-order valence-corrected chi connectivity index (χ0v) is 36.1. The Hall–Kier alpha value is -2.51. The summed E-state index contributed by atoms with van der Waals surface area (Å²) < 4.78 is 17.6. The van der Waals surface area contributed by atoms with Gasteiger partial charge in [-0.2, -0.15) is 0 Å². The molecule has 0 aliphatic carbocycles. The molecule has 0 saturated carbocycles. The number of amides is 3. The highest BCUT2D eigenvalue weighted by Gasteiger charge is 2.44. The number of hydrogen-bond acceptors (Lipinski definition) is 9. The number of carbonyl (C=O) groups is 5. The lowest BCUT2D eigenvalue weighted by Crippen LogP contribution is -2.62. The second kappa shape index (κ2) is 23.4. The molecule has 1 heterocycles. The van der Waals surface area contributed by atoms with Gasteiger partial charge in [0.05, 0.1) is 18.1 Å². The largest absolute Gasteiger partial charge is 0.463 e. The first kappa shape index (κ1) is 48.5. The zero-order valence-electron chi connectivity index (χ0n) is 35.1. The van der Waals surface area contributed by atoms with Crippen LogP contribution in [0, 0.1) is 17.8 Å². The van der Waals surface area contributed by atoms with Gasteiger partial charge in [-0.25, -0.2) is 4.79 Å². The van der Waals surface area contributed by atoms with Gasteiger partial charge in [0, 0.05) is 12.8 Å². The molecule has 1 fully saturated rings. The summed E-state index contributed by atoms with van der Waals surface area (Å²) in [7, 11) is -2.44. The minimum absolute atomic E-state index is 0.208. The maximum Gasteiger partial charge on any atom is 0.332 e. The van der Waals surface area contributed by atoms with Gasteiger partial charge in [-0.15, -0.1) is 0 Å². The van der Waals surface area contributed by atoms with E-state index >= 15 is 0 Å². The molecule has 8 atom stereocenters. The number of cyclic esters (lactones) is 1. The Morgan fingerprint density at radius 1 is 0.811 bits per heavy atom. The minimum Gasteiger partial charge on any atom is -0.463 e. The molecule has 0 spiro atoms. The van der Waals surface area contributed by atoms with E-state index in [1.54, 1.807) is 34.6 Å². The fourth-order valence-corrected chi connectivity index (χ4v) is 7.75. The van der Waals surface area contributed by atoms with Gasteiger partial charge in [-0.1, -0.05) is 126 Å². The van der Waals surface area contributed by atoms with E-state index in [1.807, 2.05) is 13.1 Å². The van der Waals surface area contributed by atoms with E-state index in [2.05, 4.69) is 43.6 Å². The fourth-order valence-electron chi connectivity index (χ4n) is 6.33. The van der Waals surface area contributed by atoms with E-state index < -0.39 is 92.9 Å². The van der Waals surface area contributed by atoms with Crippen LogP contribution in [-0.2, 0) is 37.9 Å². The van der Waals surface area contributed by atoms with E-state index in [0.717, 1.165) is 25.7 Å². The summed E-state index contributed by atoms with van der Waals surface area (Å²) >= 11 is 0. The van der Waals surface area contributed by atoms with Gasteiger partial charge < -0.3 is 35.0 Å². The molecule has 1 aliphatic heterocycles. The maximum absolute atomic E-state index is 14.0. The number of aliphatic hydroxyl groups excluding tert-OH is 1. The number of unbranched alkanes of at least 4 members (excludes halogenated alkanes) is 10. The Kier molecular flexibility index (Phi) is 21.4. The lowest BCUT2D eigenvalue weighted by molar-refractivity contribution is -0.166. The molecule has 53 heavy (non-hydrogen) atoms. The monoisotopic (exact) mass is 770 g/mol. The summed E-state index contributed by atoms with van der Waals surface area (Å²) in [6.45, 7) is 21.6. The molecule has 0 aromatic heterocycles. The van der Waals surface area contributed by atoms with Crippen LogP contribution < -0.4 is 16.0 Å². The summed E-state index contributed by atoms with van der Waals surface area (Å²) in [6, 6.07) is -3.74. The molecular weight excluding hydrogens is 695 g/mol. The number of nitrogens with one attached hydrogen (secondary N) is 3. The van der Waals surface area contributed by atoms with Crippen molar-refractivity contribution < 1.29 is 43.0 Å². The van der Waals surface area contributed by atoms with Crippen molar-refractivity contribution in [3.63, 3.8) is 0 Å². The van der Waals surface area contributed by atoms with Crippen LogP contribution in [0.2, 0.25) is 18.1 Å². The Bertz CT molecular complexity index is 1160. The molecule has 0 radical (unpaired) electrons. The number of hydrogen-bond donors (Lipinski definition) is 4. The Morgan fingerprint density at radius 3 is 1.79 bits per heavy atom. The average Bonchev–Trinajstić information content (AvgIpc) is 3.06. The molecule has 1 rings (SSSR count). The van der Waals surface area contributed by atoms with Crippen LogP contribution >= 0.6 is 0 Å². The standard InChI is InChI=1S/C40H75N3O9Si/c1-13-14-15-16-17-18-19-20-21-22-23-24-32(45)27(4)35-28(5)36(46)42-33(26(2)3)37(47)43-34(29(6)52-53(11,12)40(8,9)10)38(48)41-31(39(49)51-35)25-50-30(7)44/h26-29,31-35,45H,13-25H2,1-12H3,(H,41,48)(H,42,46)(H,43,47)/t27-,28+,29+,31-,32+,33-,34-,35+/m0/s1. The Morgan fingerprint density at radius 2 is 1.30 bits per heavy atom. The van der Waals surface area contributed by atoms with E-state index in [1.165, 1.54) is 51.9 Å². The van der Waals surface area contributed by atoms with Crippen molar-refractivity contribution in [3.05, 3.63) is 0 Å². The van der Waals surface area contributed by atoms with Gasteiger partial charge in [-0.05, 0) is 37.4 Å². The fraction of sp³-hybridized carbons (Fsp3) is 0.875. The van der Waals surface area contributed by atoms with Crippen LogP contribution in [0.25, 0.3) is 0 Å². The van der Waals surface area contributed by atoms with Crippen molar-refractivity contribution in [2.75, 3.05) is 6.61 Å². The first-order valence-corrected chi connectivity index (χ1v) is 23.2. The third-order valence-corrected chi connectivity index (χ3v) is 15.6. The molecule has 0 aromatic rings. The number of carbonyl (C=O) groups excluding carboxylic acids is 5. The highest BCUT2D eigenvalue weighted by Crippen LogP contribution is 2.37. The first-order valence-electron chi connectivity index (χ1n) is 20.2. The third-order valence-electron chi connectivity index (χ3n) is 11.0. The highest BCUT2D eigenvalue weighted by atomic mass is 28.4. The molecule has 0 unspecified atom stereocenters. The summed E-state index contributed by atoms with van der Waals surface area (Å²) in [5.74, 6) is -5.47. The summed E-state index contributed by atoms with van der Waals surface area (Å²) in [5.41, 5.74) is 0. The smallest absolute Gasteiger partial charge is 0.332 e. The van der Waals surface area contributed by atoms with E-state index in [9.17, 15) is 29.1 Å². The second-order valence-corrected chi connectivity index (χ2v) is 21.9. The molecule has 13 heteroatoms. The van der Waals surface area contributed by atoms with Crippen molar-refractivity contribution in [3.8, 4) is 0 Å². The molecule has 4 N–H and O–H groups in total. The van der Waals surface area contributed by atoms with Crippen molar-refractivity contribution in [1.29, 1.82) is 0 Å². The molecule has 308 valence electrons. The Labute approximate surface area is 321 Å². The predicted molar refractivity (Wildman–Crippen MR) is 210 cm³/mol. The van der Waals surface area contributed by atoms with Crippen LogP contribution in [0.15, 0.2) is 0 Å². The van der Waals surface area contributed by atoms with Crippen molar-refractivity contribution in [2.24, 2.45) is 17.8 Å². The molecule has 1 aliphatic rings. The van der Waals surface area contributed by atoms with Gasteiger partial charge in [0.15, 0.2) is 14.4 Å². The highest BCUT2D eigenvalue weighted by molar-refractivity contribution is 6.74. The zero-order chi connectivity index (χ0) is 40.5. The molecular formula is C40H75N3O9Si. The number of esters is 2. The lowest BCUT2D eigenvalue weighted by atomic mass is 9.86. The normalized spacial score (nSPS) is 24.1. The molecule has 12 nitrogen and oxygen atoms in total. The summed E-state index contributed by atoms with van der Waals surface area (Å²) in [6.07, 6.45) is 10.5. The number of ether oxygens (including phenoxy) is 2. The maximum atomic E-state index is 14.0.